The van der Waals surface area contributed by atoms with Gasteiger partial charge in [0.2, 0.25) is 0 Å². The molecule has 0 saturated carbocycles. The SMILES string of the molecule is O=C1N[C@@](/C=N/Oc2ccccc2)(CC2=C(c3ccn(C(F)F)n3)[C@H](c3ccc(F)cc3Cl)N=C(c3nccs3)N2)CO1. The van der Waals surface area contributed by atoms with Crippen molar-refractivity contribution in [3.63, 3.8) is 0 Å². The monoisotopic (exact) mass is 627 g/mol. The van der Waals surface area contributed by atoms with Crippen molar-refractivity contribution in [1.29, 1.82) is 0 Å². The number of para-hydroxylation sites is 1. The van der Waals surface area contributed by atoms with Crippen molar-refractivity contribution in [2.45, 2.75) is 24.6 Å². The van der Waals surface area contributed by atoms with Crippen LogP contribution in [0.25, 0.3) is 5.57 Å². The Morgan fingerprint density at radius 1 is 1.26 bits per heavy atom. The van der Waals surface area contributed by atoms with E-state index in [1.165, 1.54) is 35.8 Å². The average Bonchev–Trinajstić information content (AvgIpc) is 3.76. The fraction of sp³-hybridized carbons (Fsp3) is 0.179. The smallest absolute Gasteiger partial charge is 0.408 e. The molecule has 0 radical (unpaired) electrons. The number of nitrogens with one attached hydrogen (secondary N) is 2. The van der Waals surface area contributed by atoms with Crippen molar-refractivity contribution in [2.24, 2.45) is 10.1 Å². The van der Waals surface area contributed by atoms with E-state index in [1.807, 2.05) is 6.07 Å². The van der Waals surface area contributed by atoms with Crippen molar-refractivity contribution in [3.05, 3.63) is 105 Å². The largest absolute Gasteiger partial charge is 0.447 e. The maximum absolute atomic E-state index is 14.1. The van der Waals surface area contributed by atoms with Crippen LogP contribution in [-0.4, -0.2) is 45.1 Å². The molecule has 0 unspecified atom stereocenters. The minimum absolute atomic E-state index is 0.0109. The molecule has 2 N–H and O–H groups in total. The zero-order valence-electron chi connectivity index (χ0n) is 22.0. The molecule has 15 heteroatoms. The van der Waals surface area contributed by atoms with E-state index in [1.54, 1.807) is 35.8 Å². The average molecular weight is 628 g/mol. The Kier molecular flexibility index (Phi) is 7.86. The Bertz CT molecular complexity index is 1730. The Hall–Kier alpha value is -4.69. The number of amidine groups is 1. The van der Waals surface area contributed by atoms with Gasteiger partial charge < -0.3 is 20.2 Å². The number of halogens is 4. The van der Waals surface area contributed by atoms with Gasteiger partial charge in [0, 0.05) is 46.1 Å². The summed E-state index contributed by atoms with van der Waals surface area (Å²) in [4.78, 5) is 27.0. The van der Waals surface area contributed by atoms with Crippen molar-refractivity contribution >= 4 is 46.7 Å². The highest BCUT2D eigenvalue weighted by atomic mass is 35.5. The number of benzene rings is 2. The number of cyclic esters (lactones) is 1. The molecule has 0 bridgehead atoms. The van der Waals surface area contributed by atoms with Gasteiger partial charge in [-0.2, -0.15) is 13.9 Å². The summed E-state index contributed by atoms with van der Waals surface area (Å²) in [6.07, 6.45) is 3.48. The summed E-state index contributed by atoms with van der Waals surface area (Å²) in [5, 5.41) is 16.6. The number of oxime groups is 1. The summed E-state index contributed by atoms with van der Waals surface area (Å²) in [7, 11) is 0. The highest BCUT2D eigenvalue weighted by Crippen LogP contribution is 2.42. The van der Waals surface area contributed by atoms with Crippen molar-refractivity contribution in [2.75, 3.05) is 6.61 Å². The van der Waals surface area contributed by atoms with Gasteiger partial charge in [0.25, 0.3) is 0 Å². The zero-order valence-corrected chi connectivity index (χ0v) is 23.5. The second kappa shape index (κ2) is 11.9. The van der Waals surface area contributed by atoms with E-state index in [4.69, 9.17) is 26.2 Å². The van der Waals surface area contributed by atoms with E-state index < -0.39 is 30.0 Å². The topological polar surface area (TPSA) is 115 Å². The van der Waals surface area contributed by atoms with Gasteiger partial charge in [0.15, 0.2) is 16.6 Å². The Labute approximate surface area is 251 Å². The van der Waals surface area contributed by atoms with Crippen LogP contribution in [0.5, 0.6) is 5.75 Å². The molecule has 1 fully saturated rings. The number of rotatable bonds is 9. The number of nitrogens with zero attached hydrogens (tertiary/aromatic N) is 5. The predicted molar refractivity (Wildman–Crippen MR) is 154 cm³/mol. The van der Waals surface area contributed by atoms with E-state index >= 15 is 0 Å². The Morgan fingerprint density at radius 3 is 2.77 bits per heavy atom. The van der Waals surface area contributed by atoms with Crippen LogP contribution in [0, 0.1) is 5.82 Å². The molecule has 2 aromatic heterocycles. The third kappa shape index (κ3) is 6.10. The van der Waals surface area contributed by atoms with Crippen LogP contribution < -0.4 is 15.5 Å². The first kappa shape index (κ1) is 28.4. The first-order valence-electron chi connectivity index (χ1n) is 12.8. The molecule has 220 valence electrons. The van der Waals surface area contributed by atoms with Crippen LogP contribution in [0.3, 0.4) is 0 Å². The highest BCUT2D eigenvalue weighted by molar-refractivity contribution is 7.11. The lowest BCUT2D eigenvalue weighted by atomic mass is 9.87. The molecular formula is C28H21ClF3N7O3S. The second-order valence-corrected chi connectivity index (χ2v) is 10.8. The molecule has 0 spiro atoms. The standard InChI is InChI=1S/C28H21ClF3N7O3S/c29-19-12-16(30)6-7-18(19)23-22(20-8-10-39(38-20)26(31)32)21(35-24(36-23)25-33-9-11-43-25)13-28(15-41-27(40)37-28)14-34-42-17-4-2-1-3-5-17/h1-12,14,23,26H,13,15H2,(H,35,36)(H,37,40)/b34-14+/t23-,28+/m0/s1. The number of aromatic nitrogens is 3. The van der Waals surface area contributed by atoms with Gasteiger partial charge in [0.1, 0.15) is 24.0 Å². The molecule has 4 aromatic rings. The number of alkyl halides is 2. The number of hydrogen-bond acceptors (Lipinski definition) is 9. The lowest BCUT2D eigenvalue weighted by Crippen LogP contribution is -2.48. The van der Waals surface area contributed by atoms with Gasteiger partial charge in [-0.05, 0) is 30.3 Å². The molecule has 10 nitrogen and oxygen atoms in total. The van der Waals surface area contributed by atoms with Crippen LogP contribution in [0.2, 0.25) is 5.02 Å². The molecule has 1 saturated heterocycles. The molecule has 4 heterocycles. The van der Waals surface area contributed by atoms with Gasteiger partial charge in [0.05, 0.1) is 11.9 Å². The van der Waals surface area contributed by atoms with Gasteiger partial charge in [-0.25, -0.2) is 18.9 Å². The summed E-state index contributed by atoms with van der Waals surface area (Å²) in [6.45, 7) is -3.02. The van der Waals surface area contributed by atoms with E-state index in [9.17, 15) is 18.0 Å². The highest BCUT2D eigenvalue weighted by Gasteiger charge is 2.42. The van der Waals surface area contributed by atoms with Crippen molar-refractivity contribution in [1.82, 2.24) is 25.4 Å². The van der Waals surface area contributed by atoms with E-state index in [2.05, 4.69) is 25.9 Å². The van der Waals surface area contributed by atoms with Gasteiger partial charge in [-0.15, -0.1) is 11.3 Å². The number of amides is 1. The van der Waals surface area contributed by atoms with Crippen LogP contribution in [-0.2, 0) is 4.74 Å². The number of carbonyl (C=O) groups is 1. The lowest BCUT2D eigenvalue weighted by molar-refractivity contribution is 0.0564. The summed E-state index contributed by atoms with van der Waals surface area (Å²) >= 11 is 7.82. The molecular weight excluding hydrogens is 607 g/mol. The van der Waals surface area contributed by atoms with E-state index in [0.717, 1.165) is 12.3 Å². The summed E-state index contributed by atoms with van der Waals surface area (Å²) < 4.78 is 47.1. The number of thiazole rings is 1. The first-order chi connectivity index (χ1) is 20.8. The number of carbonyl (C=O) groups excluding carboxylic acids is 1. The molecule has 2 aromatic carbocycles. The minimum atomic E-state index is -2.90. The Balaban J connectivity index is 1.48. The molecule has 6 rings (SSSR count). The van der Waals surface area contributed by atoms with Crippen LogP contribution in [0.1, 0.15) is 35.3 Å². The number of aliphatic imine (C=N–C) groups is 1. The zero-order chi connectivity index (χ0) is 30.0. The minimum Gasteiger partial charge on any atom is -0.447 e. The van der Waals surface area contributed by atoms with Gasteiger partial charge >= 0.3 is 12.6 Å². The second-order valence-electron chi connectivity index (χ2n) is 9.53. The molecule has 2 atom stereocenters. The van der Waals surface area contributed by atoms with E-state index in [-0.39, 0.29) is 23.7 Å². The predicted octanol–water partition coefficient (Wildman–Crippen LogP) is 5.96. The molecule has 2 aliphatic rings. The number of alkyl carbamates (subject to hydrolysis) is 1. The van der Waals surface area contributed by atoms with Crippen molar-refractivity contribution < 1.29 is 27.5 Å². The fourth-order valence-electron chi connectivity index (χ4n) is 4.69. The quantitative estimate of drug-likeness (QED) is 0.175. The summed E-state index contributed by atoms with van der Waals surface area (Å²) in [5.74, 6) is 0.265. The summed E-state index contributed by atoms with van der Waals surface area (Å²) in [6, 6.07) is 13.2. The maximum Gasteiger partial charge on any atom is 0.408 e. The molecule has 1 amide bonds. The van der Waals surface area contributed by atoms with Crippen LogP contribution >= 0.6 is 22.9 Å². The third-order valence-corrected chi connectivity index (χ3v) is 7.71. The molecule has 43 heavy (non-hydrogen) atoms. The third-order valence-electron chi connectivity index (χ3n) is 6.61. The number of hydrogen-bond donors (Lipinski definition) is 2. The van der Waals surface area contributed by atoms with E-state index in [0.29, 0.717) is 38.1 Å². The van der Waals surface area contributed by atoms with Crippen LogP contribution in [0.15, 0.2) is 88.2 Å². The number of ether oxygens (including phenoxy) is 1. The van der Waals surface area contributed by atoms with Crippen molar-refractivity contribution in [3.8, 4) is 5.75 Å². The molecule has 0 aliphatic carbocycles. The normalized spacial score (nSPS) is 20.3. The summed E-state index contributed by atoms with van der Waals surface area (Å²) in [5.41, 5.74) is 0.133. The molecule has 2 aliphatic heterocycles. The first-order valence-corrected chi connectivity index (χ1v) is 14.0. The van der Waals surface area contributed by atoms with Gasteiger partial charge in [-0.1, -0.05) is 41.0 Å². The fourth-order valence-corrected chi connectivity index (χ4v) is 5.55. The maximum atomic E-state index is 14.1. The van der Waals surface area contributed by atoms with Gasteiger partial charge in [-0.3, -0.25) is 4.99 Å². The van der Waals surface area contributed by atoms with Crippen LogP contribution in [0.4, 0.5) is 18.0 Å². The lowest BCUT2D eigenvalue weighted by Gasteiger charge is -2.31. The Morgan fingerprint density at radius 2 is 2.09 bits per heavy atom.